The smallest absolute Gasteiger partial charge is 0.335 e. The zero-order chi connectivity index (χ0) is 31.9. The molecule has 0 spiro atoms. The highest BCUT2D eigenvalue weighted by Crippen LogP contribution is 2.33. The van der Waals surface area contributed by atoms with Gasteiger partial charge in [0.1, 0.15) is 18.8 Å². The quantitative estimate of drug-likeness (QED) is 0.143. The number of nitrogens with one attached hydrogen (secondary N) is 1. The first-order valence-corrected chi connectivity index (χ1v) is 14.6. The molecule has 0 saturated carbocycles. The Bertz CT molecular complexity index is 1770. The van der Waals surface area contributed by atoms with Crippen LogP contribution in [0, 0.1) is 6.92 Å². The minimum Gasteiger partial charge on any atom is -0.493 e. The molecule has 1 heterocycles. The maximum atomic E-state index is 13.4. The Morgan fingerprint density at radius 2 is 1.49 bits per heavy atom. The minimum absolute atomic E-state index is 0.215. The second kappa shape index (κ2) is 14.0. The highest BCUT2D eigenvalue weighted by atomic mass is 35.5. The predicted molar refractivity (Wildman–Crippen MR) is 171 cm³/mol. The summed E-state index contributed by atoms with van der Waals surface area (Å²) in [5, 5.41) is 2.58. The molecule has 4 aromatic carbocycles. The fourth-order valence-electron chi connectivity index (χ4n) is 4.69. The zero-order valence-electron chi connectivity index (χ0n) is 25.0. The molecule has 4 aromatic rings. The number of anilines is 1. The molecule has 0 unspecified atom stereocenters. The van der Waals surface area contributed by atoms with Crippen LogP contribution >= 0.6 is 11.6 Å². The molecule has 0 aromatic heterocycles. The largest absolute Gasteiger partial charge is 0.493 e. The lowest BCUT2D eigenvalue weighted by Crippen LogP contribution is -2.54. The van der Waals surface area contributed by atoms with Crippen LogP contribution in [0.5, 0.6) is 23.0 Å². The van der Waals surface area contributed by atoms with Crippen molar-refractivity contribution in [3.63, 3.8) is 0 Å². The summed E-state index contributed by atoms with van der Waals surface area (Å²) in [4.78, 5) is 39.7. The van der Waals surface area contributed by atoms with E-state index in [1.165, 1.54) is 12.1 Å². The first-order chi connectivity index (χ1) is 21.8. The number of rotatable bonds is 11. The van der Waals surface area contributed by atoms with Crippen molar-refractivity contribution in [1.29, 1.82) is 0 Å². The van der Waals surface area contributed by atoms with E-state index in [0.29, 0.717) is 52.4 Å². The summed E-state index contributed by atoms with van der Waals surface area (Å²) in [5.41, 5.74) is 3.11. The molecule has 1 saturated heterocycles. The highest BCUT2D eigenvalue weighted by Gasteiger charge is 2.37. The Labute approximate surface area is 265 Å². The molecule has 9 nitrogen and oxygen atoms in total. The summed E-state index contributed by atoms with van der Waals surface area (Å²) in [6, 6.07) is 24.5. The average Bonchev–Trinajstić information content (AvgIpc) is 3.04. The molecular formula is C35H31ClN2O7. The van der Waals surface area contributed by atoms with Crippen LogP contribution < -0.4 is 29.2 Å². The number of barbiturate groups is 1. The van der Waals surface area contributed by atoms with Crippen LogP contribution in [0.4, 0.5) is 10.5 Å². The monoisotopic (exact) mass is 626 g/mol. The Hall–Kier alpha value is -5.28. The summed E-state index contributed by atoms with van der Waals surface area (Å²) in [5.74, 6) is 0.513. The Kier molecular flexibility index (Phi) is 9.70. The van der Waals surface area contributed by atoms with Crippen molar-refractivity contribution in [2.75, 3.05) is 18.6 Å². The van der Waals surface area contributed by atoms with E-state index < -0.39 is 17.8 Å². The molecule has 5 rings (SSSR count). The van der Waals surface area contributed by atoms with Crippen molar-refractivity contribution < 1.29 is 33.3 Å². The van der Waals surface area contributed by atoms with Crippen molar-refractivity contribution in [2.45, 2.75) is 27.1 Å². The molecule has 1 N–H and O–H groups in total. The van der Waals surface area contributed by atoms with Crippen molar-refractivity contribution in [3.05, 3.63) is 118 Å². The van der Waals surface area contributed by atoms with Gasteiger partial charge in [-0.3, -0.25) is 14.9 Å². The predicted octanol–water partition coefficient (Wildman–Crippen LogP) is 6.88. The lowest BCUT2D eigenvalue weighted by Gasteiger charge is -2.27. The van der Waals surface area contributed by atoms with Gasteiger partial charge in [-0.15, -0.1) is 0 Å². The van der Waals surface area contributed by atoms with E-state index in [9.17, 15) is 14.4 Å². The number of benzene rings is 4. The van der Waals surface area contributed by atoms with Gasteiger partial charge in [0.25, 0.3) is 11.8 Å². The van der Waals surface area contributed by atoms with Crippen LogP contribution in [0.25, 0.3) is 6.08 Å². The van der Waals surface area contributed by atoms with Gasteiger partial charge in [0.15, 0.2) is 23.0 Å². The summed E-state index contributed by atoms with van der Waals surface area (Å²) in [7, 11) is 1.58. The number of imide groups is 2. The molecule has 1 aliphatic heterocycles. The summed E-state index contributed by atoms with van der Waals surface area (Å²) in [6.07, 6.45) is 1.41. The number of carbonyl (C=O) groups excluding carboxylic acids is 3. The van der Waals surface area contributed by atoms with Crippen molar-refractivity contribution in [3.8, 4) is 23.0 Å². The van der Waals surface area contributed by atoms with Gasteiger partial charge in [-0.2, -0.15) is 0 Å². The van der Waals surface area contributed by atoms with E-state index in [1.807, 2.05) is 55.5 Å². The number of hydrogen-bond acceptors (Lipinski definition) is 7. The van der Waals surface area contributed by atoms with Crippen molar-refractivity contribution in [1.82, 2.24) is 5.32 Å². The minimum atomic E-state index is -0.848. The summed E-state index contributed by atoms with van der Waals surface area (Å²) < 4.78 is 23.4. The molecule has 1 aliphatic rings. The molecule has 45 heavy (non-hydrogen) atoms. The molecule has 0 bridgehead atoms. The van der Waals surface area contributed by atoms with Crippen LogP contribution in [-0.4, -0.2) is 31.6 Å². The number of methoxy groups -OCH3 is 1. The number of hydrogen-bond donors (Lipinski definition) is 1. The fraction of sp³-hybridized carbons (Fsp3) is 0.171. The van der Waals surface area contributed by atoms with E-state index in [2.05, 4.69) is 5.32 Å². The van der Waals surface area contributed by atoms with Crippen LogP contribution in [-0.2, 0) is 22.8 Å². The lowest BCUT2D eigenvalue weighted by molar-refractivity contribution is -0.122. The van der Waals surface area contributed by atoms with Crippen molar-refractivity contribution >= 4 is 41.2 Å². The van der Waals surface area contributed by atoms with Gasteiger partial charge >= 0.3 is 6.03 Å². The van der Waals surface area contributed by atoms with Gasteiger partial charge in [-0.1, -0.05) is 60.1 Å². The van der Waals surface area contributed by atoms with Crippen LogP contribution in [0.15, 0.2) is 90.5 Å². The molecule has 0 aliphatic carbocycles. The van der Waals surface area contributed by atoms with E-state index in [4.69, 9.17) is 30.5 Å². The molecule has 0 atom stereocenters. The second-order valence-electron chi connectivity index (χ2n) is 10.1. The summed E-state index contributed by atoms with van der Waals surface area (Å²) in [6.45, 7) is 4.56. The third-order valence-corrected chi connectivity index (χ3v) is 7.19. The first-order valence-electron chi connectivity index (χ1n) is 14.2. The number of urea groups is 1. The topological polar surface area (TPSA) is 103 Å². The average molecular weight is 627 g/mol. The van der Waals surface area contributed by atoms with E-state index in [1.54, 1.807) is 44.4 Å². The Morgan fingerprint density at radius 1 is 0.778 bits per heavy atom. The molecule has 0 radical (unpaired) electrons. The van der Waals surface area contributed by atoms with Gasteiger partial charge in [0.2, 0.25) is 0 Å². The van der Waals surface area contributed by atoms with Crippen LogP contribution in [0.2, 0.25) is 5.02 Å². The molecule has 1 fully saturated rings. The molecule has 10 heteroatoms. The number of carbonyl (C=O) groups is 3. The van der Waals surface area contributed by atoms with E-state index in [-0.39, 0.29) is 17.9 Å². The third-order valence-electron chi connectivity index (χ3n) is 6.95. The highest BCUT2D eigenvalue weighted by molar-refractivity contribution is 6.39. The number of aryl methyl sites for hydroxylation is 1. The van der Waals surface area contributed by atoms with Gasteiger partial charge in [-0.25, -0.2) is 9.69 Å². The Balaban J connectivity index is 1.33. The van der Waals surface area contributed by atoms with E-state index >= 15 is 0 Å². The molecule has 230 valence electrons. The normalized spacial score (nSPS) is 13.9. The maximum Gasteiger partial charge on any atom is 0.335 e. The van der Waals surface area contributed by atoms with Gasteiger partial charge < -0.3 is 18.9 Å². The van der Waals surface area contributed by atoms with Crippen LogP contribution in [0.1, 0.15) is 29.2 Å². The maximum absolute atomic E-state index is 13.4. The number of amides is 4. The van der Waals surface area contributed by atoms with E-state index in [0.717, 1.165) is 16.0 Å². The van der Waals surface area contributed by atoms with Gasteiger partial charge in [0, 0.05) is 5.02 Å². The second-order valence-corrected chi connectivity index (χ2v) is 10.5. The number of halogens is 1. The number of nitrogens with zero attached hydrogens (tertiary/aromatic N) is 1. The molecule has 4 amide bonds. The zero-order valence-corrected chi connectivity index (χ0v) is 25.7. The van der Waals surface area contributed by atoms with Gasteiger partial charge in [0.05, 0.1) is 19.4 Å². The molecular weight excluding hydrogens is 596 g/mol. The van der Waals surface area contributed by atoms with Gasteiger partial charge in [-0.05, 0) is 78.6 Å². The Morgan fingerprint density at radius 3 is 2.22 bits per heavy atom. The van der Waals surface area contributed by atoms with Crippen molar-refractivity contribution in [2.24, 2.45) is 0 Å². The SMILES string of the molecule is CCOc1cc(/C=C2\C(=O)NC(=O)N(c3cc(Cl)ccc3C)C2=O)ccc1OCc1ccc(OCc2ccccc2)c(OC)c1. The lowest BCUT2D eigenvalue weighted by atomic mass is 10.1. The van der Waals surface area contributed by atoms with Crippen LogP contribution in [0.3, 0.4) is 0 Å². The third kappa shape index (κ3) is 7.27. The standard InChI is InChI=1S/C35H31ClN2O7/c1-4-43-32-17-24(16-27-33(39)37-35(41)38(34(27)40)28-19-26(36)13-10-22(28)2)11-14-30(32)45-21-25-12-15-29(31(18-25)42-3)44-20-23-8-6-5-7-9-23/h5-19H,4,20-21H2,1-3H3,(H,37,39,41)/b27-16+. The number of ether oxygens (including phenoxy) is 4. The fourth-order valence-corrected chi connectivity index (χ4v) is 4.85. The first kappa shape index (κ1) is 31.2. The summed E-state index contributed by atoms with van der Waals surface area (Å²) >= 11 is 6.12.